The SMILES string of the molecule is Cn1c(-c2ccccn2)nc2cc(CCl)ccc21. The Morgan fingerprint density at radius 1 is 1.22 bits per heavy atom. The van der Waals surface area contributed by atoms with Gasteiger partial charge < -0.3 is 4.57 Å². The zero-order valence-electron chi connectivity index (χ0n) is 9.97. The molecule has 0 aliphatic rings. The molecule has 0 unspecified atom stereocenters. The summed E-state index contributed by atoms with van der Waals surface area (Å²) in [6.45, 7) is 0. The topological polar surface area (TPSA) is 30.7 Å². The van der Waals surface area contributed by atoms with Crippen LogP contribution in [0.1, 0.15) is 5.56 Å². The molecule has 1 aromatic carbocycles. The van der Waals surface area contributed by atoms with E-state index in [0.29, 0.717) is 5.88 Å². The van der Waals surface area contributed by atoms with Crippen LogP contribution >= 0.6 is 11.6 Å². The minimum absolute atomic E-state index is 0.505. The molecule has 2 aromatic heterocycles. The van der Waals surface area contributed by atoms with Gasteiger partial charge >= 0.3 is 0 Å². The van der Waals surface area contributed by atoms with Crippen LogP contribution < -0.4 is 0 Å². The summed E-state index contributed by atoms with van der Waals surface area (Å²) in [5.41, 5.74) is 4.00. The van der Waals surface area contributed by atoms with E-state index in [1.165, 1.54) is 0 Å². The molecular weight excluding hydrogens is 246 g/mol. The third kappa shape index (κ3) is 1.77. The van der Waals surface area contributed by atoms with Crippen molar-refractivity contribution in [2.45, 2.75) is 5.88 Å². The molecule has 0 aliphatic heterocycles. The van der Waals surface area contributed by atoms with Crippen molar-refractivity contribution in [1.29, 1.82) is 0 Å². The minimum Gasteiger partial charge on any atom is -0.326 e. The zero-order valence-corrected chi connectivity index (χ0v) is 10.7. The van der Waals surface area contributed by atoms with E-state index < -0.39 is 0 Å². The van der Waals surface area contributed by atoms with Crippen molar-refractivity contribution in [2.75, 3.05) is 0 Å². The fourth-order valence-corrected chi connectivity index (χ4v) is 2.22. The molecule has 0 amide bonds. The lowest BCUT2D eigenvalue weighted by atomic mass is 10.2. The molecule has 90 valence electrons. The largest absolute Gasteiger partial charge is 0.326 e. The summed E-state index contributed by atoms with van der Waals surface area (Å²) in [6, 6.07) is 11.9. The van der Waals surface area contributed by atoms with E-state index in [2.05, 4.69) is 14.5 Å². The predicted octanol–water partition coefficient (Wildman–Crippen LogP) is 3.37. The average molecular weight is 258 g/mol. The molecule has 0 spiro atoms. The molecule has 0 saturated heterocycles. The van der Waals surface area contributed by atoms with Gasteiger partial charge in [-0.15, -0.1) is 11.6 Å². The van der Waals surface area contributed by atoms with E-state index in [0.717, 1.165) is 28.1 Å². The number of rotatable bonds is 2. The number of fused-ring (bicyclic) bond motifs is 1. The molecule has 0 radical (unpaired) electrons. The number of nitrogens with zero attached hydrogens (tertiary/aromatic N) is 3. The quantitative estimate of drug-likeness (QED) is 0.659. The van der Waals surface area contributed by atoms with Crippen molar-refractivity contribution in [3.05, 3.63) is 48.2 Å². The molecule has 0 atom stereocenters. The highest BCUT2D eigenvalue weighted by Gasteiger charge is 2.10. The van der Waals surface area contributed by atoms with Crippen molar-refractivity contribution in [3.8, 4) is 11.5 Å². The number of hydrogen-bond acceptors (Lipinski definition) is 2. The fourth-order valence-electron chi connectivity index (χ4n) is 2.05. The lowest BCUT2D eigenvalue weighted by Crippen LogP contribution is -1.93. The average Bonchev–Trinajstić information content (AvgIpc) is 2.76. The van der Waals surface area contributed by atoms with Crippen LogP contribution in [0.2, 0.25) is 0 Å². The highest BCUT2D eigenvalue weighted by atomic mass is 35.5. The molecule has 3 rings (SSSR count). The Balaban J connectivity index is 2.23. The van der Waals surface area contributed by atoms with Crippen LogP contribution in [0.15, 0.2) is 42.6 Å². The van der Waals surface area contributed by atoms with E-state index in [4.69, 9.17) is 11.6 Å². The van der Waals surface area contributed by atoms with Gasteiger partial charge in [0.25, 0.3) is 0 Å². The highest BCUT2D eigenvalue weighted by Crippen LogP contribution is 2.23. The Kier molecular flexibility index (Phi) is 2.76. The number of imidazole rings is 1. The second-order valence-electron chi connectivity index (χ2n) is 4.17. The zero-order chi connectivity index (χ0) is 12.5. The van der Waals surface area contributed by atoms with Gasteiger partial charge in [-0.2, -0.15) is 0 Å². The van der Waals surface area contributed by atoms with Crippen molar-refractivity contribution < 1.29 is 0 Å². The maximum Gasteiger partial charge on any atom is 0.159 e. The van der Waals surface area contributed by atoms with Gasteiger partial charge in [0.2, 0.25) is 0 Å². The number of pyridine rings is 1. The summed E-state index contributed by atoms with van der Waals surface area (Å²) in [4.78, 5) is 8.97. The Labute approximate surface area is 110 Å². The van der Waals surface area contributed by atoms with Crippen molar-refractivity contribution >= 4 is 22.6 Å². The van der Waals surface area contributed by atoms with Crippen LogP contribution in [0.3, 0.4) is 0 Å². The van der Waals surface area contributed by atoms with Gasteiger partial charge in [0.05, 0.1) is 11.0 Å². The normalized spacial score (nSPS) is 11.0. The minimum atomic E-state index is 0.505. The number of aromatic nitrogens is 3. The van der Waals surface area contributed by atoms with Gasteiger partial charge in [0.15, 0.2) is 5.82 Å². The molecule has 0 N–H and O–H groups in total. The number of halogens is 1. The van der Waals surface area contributed by atoms with E-state index in [1.54, 1.807) is 6.20 Å². The molecule has 3 nitrogen and oxygen atoms in total. The first-order valence-electron chi connectivity index (χ1n) is 5.72. The molecule has 2 heterocycles. The maximum atomic E-state index is 5.84. The molecule has 18 heavy (non-hydrogen) atoms. The Morgan fingerprint density at radius 2 is 2.11 bits per heavy atom. The summed E-state index contributed by atoms with van der Waals surface area (Å²) in [7, 11) is 2.00. The van der Waals surface area contributed by atoms with Crippen LogP contribution in [0, 0.1) is 0 Å². The van der Waals surface area contributed by atoms with Gasteiger partial charge in [-0.1, -0.05) is 12.1 Å². The van der Waals surface area contributed by atoms with Crippen LogP contribution in [-0.2, 0) is 12.9 Å². The molecule has 0 aliphatic carbocycles. The van der Waals surface area contributed by atoms with Crippen molar-refractivity contribution in [2.24, 2.45) is 7.05 Å². The molecule has 0 bridgehead atoms. The fraction of sp³-hybridized carbons (Fsp3) is 0.143. The lowest BCUT2D eigenvalue weighted by Gasteiger charge is -2.00. The summed E-state index contributed by atoms with van der Waals surface area (Å²) in [5.74, 6) is 1.38. The smallest absolute Gasteiger partial charge is 0.159 e. The van der Waals surface area contributed by atoms with Crippen LogP contribution in [0.25, 0.3) is 22.6 Å². The molecule has 4 heteroatoms. The first-order chi connectivity index (χ1) is 8.79. The second kappa shape index (κ2) is 4.42. The lowest BCUT2D eigenvalue weighted by molar-refractivity contribution is 0.950. The van der Waals surface area contributed by atoms with E-state index in [9.17, 15) is 0 Å². The van der Waals surface area contributed by atoms with E-state index in [1.807, 2.05) is 43.4 Å². The van der Waals surface area contributed by atoms with Crippen LogP contribution in [0.4, 0.5) is 0 Å². The van der Waals surface area contributed by atoms with Gasteiger partial charge in [-0.25, -0.2) is 4.98 Å². The van der Waals surface area contributed by atoms with E-state index >= 15 is 0 Å². The number of benzene rings is 1. The monoisotopic (exact) mass is 257 g/mol. The summed E-state index contributed by atoms with van der Waals surface area (Å²) >= 11 is 5.84. The Bertz CT molecular complexity index is 689. The Morgan fingerprint density at radius 3 is 2.83 bits per heavy atom. The van der Waals surface area contributed by atoms with Crippen LogP contribution in [0.5, 0.6) is 0 Å². The number of hydrogen-bond donors (Lipinski definition) is 0. The van der Waals surface area contributed by atoms with Gasteiger partial charge in [-0.3, -0.25) is 4.98 Å². The first-order valence-corrected chi connectivity index (χ1v) is 6.26. The standard InChI is InChI=1S/C14H12ClN3/c1-18-13-6-5-10(9-15)8-12(13)17-14(18)11-4-2-3-7-16-11/h2-8H,9H2,1H3. The molecule has 3 aromatic rings. The molecular formula is C14H12ClN3. The van der Waals surface area contributed by atoms with Crippen LogP contribution in [-0.4, -0.2) is 14.5 Å². The van der Waals surface area contributed by atoms with Gasteiger partial charge in [-0.05, 0) is 29.8 Å². The summed E-state index contributed by atoms with van der Waals surface area (Å²) < 4.78 is 2.05. The van der Waals surface area contributed by atoms with Crippen molar-refractivity contribution in [3.63, 3.8) is 0 Å². The molecule has 0 fully saturated rings. The number of aryl methyl sites for hydroxylation is 1. The summed E-state index contributed by atoms with van der Waals surface area (Å²) in [6.07, 6.45) is 1.78. The van der Waals surface area contributed by atoms with Gasteiger partial charge in [0, 0.05) is 19.1 Å². The first kappa shape index (κ1) is 11.2. The van der Waals surface area contributed by atoms with Gasteiger partial charge in [0.1, 0.15) is 5.69 Å². The maximum absolute atomic E-state index is 5.84. The second-order valence-corrected chi connectivity index (χ2v) is 4.43. The van der Waals surface area contributed by atoms with Crippen molar-refractivity contribution in [1.82, 2.24) is 14.5 Å². The van der Waals surface area contributed by atoms with E-state index in [-0.39, 0.29) is 0 Å². The highest BCUT2D eigenvalue weighted by molar-refractivity contribution is 6.17. The number of alkyl halides is 1. The Hall–Kier alpha value is -1.87. The predicted molar refractivity (Wildman–Crippen MR) is 73.5 cm³/mol. The third-order valence-electron chi connectivity index (χ3n) is 2.99. The summed E-state index contributed by atoms with van der Waals surface area (Å²) in [5, 5.41) is 0. The third-order valence-corrected chi connectivity index (χ3v) is 3.30. The molecule has 0 saturated carbocycles.